The summed E-state index contributed by atoms with van der Waals surface area (Å²) in [7, 11) is 0. The fourth-order valence-electron chi connectivity index (χ4n) is 1.93. The summed E-state index contributed by atoms with van der Waals surface area (Å²) in [5, 5.41) is 0. The van der Waals surface area contributed by atoms with Gasteiger partial charge in [-0.25, -0.2) is 4.79 Å². The van der Waals surface area contributed by atoms with E-state index < -0.39 is 0 Å². The summed E-state index contributed by atoms with van der Waals surface area (Å²) in [6.07, 6.45) is 1.64. The van der Waals surface area contributed by atoms with Crippen molar-refractivity contribution in [3.8, 4) is 0 Å². The van der Waals surface area contributed by atoms with Gasteiger partial charge in [-0.2, -0.15) is 0 Å². The molecule has 1 aromatic rings. The quantitative estimate of drug-likeness (QED) is 0.673. The molecule has 18 heavy (non-hydrogen) atoms. The lowest BCUT2D eigenvalue weighted by molar-refractivity contribution is -0.0306. The maximum Gasteiger partial charge on any atom is 0.338 e. The summed E-state index contributed by atoms with van der Waals surface area (Å²) in [5.41, 5.74) is 7.67. The highest BCUT2D eigenvalue weighted by atomic mass is 79.9. The molecule has 0 amide bonds. The molecule has 1 aliphatic heterocycles. The standard InChI is InChI=1S/C13H16BrNO3/c1-8-11(5-9(14)6-12(8)15)13(16)18-10-3-2-4-17-7-10/h5-6,10H,2-4,7,15H2,1H3. The third kappa shape index (κ3) is 3.03. The van der Waals surface area contributed by atoms with Crippen LogP contribution in [-0.2, 0) is 9.47 Å². The summed E-state index contributed by atoms with van der Waals surface area (Å²) in [5.74, 6) is -0.337. The van der Waals surface area contributed by atoms with Crippen molar-refractivity contribution >= 4 is 27.6 Å². The lowest BCUT2D eigenvalue weighted by Crippen LogP contribution is -2.28. The van der Waals surface area contributed by atoms with E-state index >= 15 is 0 Å². The van der Waals surface area contributed by atoms with Crippen LogP contribution in [0.4, 0.5) is 5.69 Å². The van der Waals surface area contributed by atoms with Gasteiger partial charge in [0, 0.05) is 16.8 Å². The molecule has 0 aromatic heterocycles. The molecule has 1 aliphatic rings. The van der Waals surface area contributed by atoms with Crippen molar-refractivity contribution in [2.45, 2.75) is 25.9 Å². The Labute approximate surface area is 115 Å². The summed E-state index contributed by atoms with van der Waals surface area (Å²) >= 11 is 3.33. The molecular weight excluding hydrogens is 298 g/mol. The summed E-state index contributed by atoms with van der Waals surface area (Å²) in [6, 6.07) is 3.51. The molecule has 0 bridgehead atoms. The number of nitrogen functional groups attached to an aromatic ring is 1. The predicted molar refractivity (Wildman–Crippen MR) is 72.5 cm³/mol. The monoisotopic (exact) mass is 313 g/mol. The second kappa shape index (κ2) is 5.71. The highest BCUT2D eigenvalue weighted by Gasteiger charge is 2.21. The number of ether oxygens (including phenoxy) is 2. The van der Waals surface area contributed by atoms with E-state index in [4.69, 9.17) is 15.2 Å². The van der Waals surface area contributed by atoms with E-state index in [2.05, 4.69) is 15.9 Å². The number of nitrogens with two attached hydrogens (primary N) is 1. The zero-order valence-electron chi connectivity index (χ0n) is 10.2. The maximum absolute atomic E-state index is 12.1. The average Bonchev–Trinajstić information content (AvgIpc) is 2.35. The molecule has 1 atom stereocenters. The van der Waals surface area contributed by atoms with E-state index in [0.717, 1.165) is 29.5 Å². The molecule has 0 saturated carbocycles. The van der Waals surface area contributed by atoms with Crippen LogP contribution in [0.1, 0.15) is 28.8 Å². The molecule has 1 fully saturated rings. The van der Waals surface area contributed by atoms with E-state index in [9.17, 15) is 4.79 Å². The number of hydrogen-bond acceptors (Lipinski definition) is 4. The van der Waals surface area contributed by atoms with Gasteiger partial charge < -0.3 is 15.2 Å². The topological polar surface area (TPSA) is 61.6 Å². The Morgan fingerprint density at radius 2 is 2.33 bits per heavy atom. The minimum absolute atomic E-state index is 0.147. The van der Waals surface area contributed by atoms with Crippen molar-refractivity contribution in [3.05, 3.63) is 27.7 Å². The normalized spacial score (nSPS) is 19.6. The van der Waals surface area contributed by atoms with Crippen LogP contribution in [-0.4, -0.2) is 25.3 Å². The Hall–Kier alpha value is -1.07. The summed E-state index contributed by atoms with van der Waals surface area (Å²) in [4.78, 5) is 12.1. The Bertz CT molecular complexity index is 456. The Morgan fingerprint density at radius 3 is 3.00 bits per heavy atom. The van der Waals surface area contributed by atoms with Gasteiger partial charge in [-0.05, 0) is 37.5 Å². The van der Waals surface area contributed by atoms with E-state index in [-0.39, 0.29) is 12.1 Å². The van der Waals surface area contributed by atoms with Crippen LogP contribution in [0.3, 0.4) is 0 Å². The summed E-state index contributed by atoms with van der Waals surface area (Å²) < 4.78 is 11.5. The van der Waals surface area contributed by atoms with Crippen molar-refractivity contribution in [3.63, 3.8) is 0 Å². The van der Waals surface area contributed by atoms with Crippen molar-refractivity contribution in [2.24, 2.45) is 0 Å². The molecule has 1 saturated heterocycles. The second-order valence-corrected chi connectivity index (χ2v) is 5.33. The van der Waals surface area contributed by atoms with Crippen molar-refractivity contribution in [1.29, 1.82) is 0 Å². The first-order chi connectivity index (χ1) is 8.58. The molecule has 4 nitrogen and oxygen atoms in total. The van der Waals surface area contributed by atoms with E-state index in [1.165, 1.54) is 0 Å². The van der Waals surface area contributed by atoms with E-state index in [0.29, 0.717) is 17.9 Å². The molecule has 2 rings (SSSR count). The number of halogens is 1. The first kappa shape index (κ1) is 13.4. The minimum atomic E-state index is -0.337. The Morgan fingerprint density at radius 1 is 1.56 bits per heavy atom. The average molecular weight is 314 g/mol. The Balaban J connectivity index is 2.13. The van der Waals surface area contributed by atoms with Crippen molar-refractivity contribution in [1.82, 2.24) is 0 Å². The van der Waals surface area contributed by atoms with Gasteiger partial charge in [0.15, 0.2) is 0 Å². The predicted octanol–water partition coefficient (Wildman–Crippen LogP) is 2.68. The number of anilines is 1. The number of rotatable bonds is 2. The zero-order valence-corrected chi connectivity index (χ0v) is 11.8. The van der Waals surface area contributed by atoms with E-state index in [1.54, 1.807) is 12.1 Å². The minimum Gasteiger partial charge on any atom is -0.456 e. The van der Waals surface area contributed by atoms with Crippen LogP contribution in [0.15, 0.2) is 16.6 Å². The third-order valence-electron chi connectivity index (χ3n) is 3.02. The van der Waals surface area contributed by atoms with Crippen LogP contribution in [0.5, 0.6) is 0 Å². The maximum atomic E-state index is 12.1. The fraction of sp³-hybridized carbons (Fsp3) is 0.462. The number of benzene rings is 1. The van der Waals surface area contributed by atoms with Crippen molar-refractivity contribution in [2.75, 3.05) is 18.9 Å². The number of esters is 1. The molecule has 98 valence electrons. The van der Waals surface area contributed by atoms with Gasteiger partial charge in [-0.3, -0.25) is 0 Å². The largest absolute Gasteiger partial charge is 0.456 e. The molecule has 0 radical (unpaired) electrons. The van der Waals surface area contributed by atoms with Gasteiger partial charge in [-0.1, -0.05) is 15.9 Å². The van der Waals surface area contributed by atoms with Gasteiger partial charge in [0.2, 0.25) is 0 Å². The van der Waals surface area contributed by atoms with Crippen molar-refractivity contribution < 1.29 is 14.3 Å². The molecule has 0 aliphatic carbocycles. The van der Waals surface area contributed by atoms with Gasteiger partial charge in [0.1, 0.15) is 6.10 Å². The van der Waals surface area contributed by atoms with Crippen LogP contribution in [0, 0.1) is 6.92 Å². The fourth-order valence-corrected chi connectivity index (χ4v) is 2.41. The molecule has 2 N–H and O–H groups in total. The van der Waals surface area contributed by atoms with Crippen LogP contribution >= 0.6 is 15.9 Å². The first-order valence-corrected chi connectivity index (χ1v) is 6.71. The lowest BCUT2D eigenvalue weighted by atomic mass is 10.1. The first-order valence-electron chi connectivity index (χ1n) is 5.92. The molecule has 1 aromatic carbocycles. The van der Waals surface area contributed by atoms with Gasteiger partial charge in [0.05, 0.1) is 12.2 Å². The number of carbonyl (C=O) groups is 1. The van der Waals surface area contributed by atoms with Crippen LogP contribution in [0.25, 0.3) is 0 Å². The van der Waals surface area contributed by atoms with Gasteiger partial charge >= 0.3 is 5.97 Å². The van der Waals surface area contributed by atoms with Gasteiger partial charge in [-0.15, -0.1) is 0 Å². The number of hydrogen-bond donors (Lipinski definition) is 1. The molecule has 1 unspecified atom stereocenters. The molecule has 0 spiro atoms. The highest BCUT2D eigenvalue weighted by Crippen LogP contribution is 2.24. The van der Waals surface area contributed by atoms with Gasteiger partial charge in [0.25, 0.3) is 0 Å². The summed E-state index contributed by atoms with van der Waals surface area (Å²) in [6.45, 7) is 3.04. The van der Waals surface area contributed by atoms with Crippen LogP contribution in [0.2, 0.25) is 0 Å². The molecule has 1 heterocycles. The highest BCUT2D eigenvalue weighted by molar-refractivity contribution is 9.10. The molecule has 5 heteroatoms. The van der Waals surface area contributed by atoms with Crippen LogP contribution < -0.4 is 5.73 Å². The van der Waals surface area contributed by atoms with E-state index in [1.807, 2.05) is 6.92 Å². The number of carbonyl (C=O) groups excluding carboxylic acids is 1. The second-order valence-electron chi connectivity index (χ2n) is 4.41. The lowest BCUT2D eigenvalue weighted by Gasteiger charge is -2.22. The Kier molecular flexibility index (Phi) is 4.24. The zero-order chi connectivity index (χ0) is 13.1. The smallest absolute Gasteiger partial charge is 0.338 e. The molecular formula is C13H16BrNO3. The SMILES string of the molecule is Cc1c(N)cc(Br)cc1C(=O)OC1CCCOC1. The third-order valence-corrected chi connectivity index (χ3v) is 3.48.